The first-order valence-corrected chi connectivity index (χ1v) is 6.90. The van der Waals surface area contributed by atoms with Gasteiger partial charge in [0.1, 0.15) is 5.82 Å². The summed E-state index contributed by atoms with van der Waals surface area (Å²) in [6, 6.07) is 13.4. The van der Waals surface area contributed by atoms with Gasteiger partial charge >= 0.3 is 0 Å². The summed E-state index contributed by atoms with van der Waals surface area (Å²) in [4.78, 5) is 0. The molecule has 4 heteroatoms. The Hall–Kier alpha value is -1.09. The Bertz CT molecular complexity index is 557. The molecule has 1 aliphatic heterocycles. The van der Waals surface area contributed by atoms with Crippen LogP contribution in [0.3, 0.4) is 0 Å². The second-order valence-corrected chi connectivity index (χ2v) is 5.37. The van der Waals surface area contributed by atoms with Crippen molar-refractivity contribution in [1.29, 1.82) is 0 Å². The van der Waals surface area contributed by atoms with Crippen molar-refractivity contribution in [2.24, 2.45) is 0 Å². The van der Waals surface area contributed by atoms with Gasteiger partial charge in [0.15, 0.2) is 0 Å². The summed E-state index contributed by atoms with van der Waals surface area (Å²) in [5.74, 6) is -0.302. The van der Waals surface area contributed by atoms with Crippen molar-refractivity contribution in [1.82, 2.24) is 5.32 Å². The zero-order chi connectivity index (χ0) is 13.2. The van der Waals surface area contributed by atoms with E-state index in [0.29, 0.717) is 11.1 Å². The molecule has 1 fully saturated rings. The number of nitrogens with one attached hydrogen (secondary N) is 1. The molecule has 0 bridgehead atoms. The third-order valence-corrected chi connectivity index (χ3v) is 3.79. The fraction of sp³-hybridized carbons (Fsp3) is 0.250. The van der Waals surface area contributed by atoms with Crippen LogP contribution in [0.2, 0.25) is 5.02 Å². The van der Waals surface area contributed by atoms with Crippen LogP contribution < -0.4 is 5.32 Å². The van der Waals surface area contributed by atoms with Crippen molar-refractivity contribution < 1.29 is 4.39 Å². The van der Waals surface area contributed by atoms with E-state index < -0.39 is 0 Å². The first-order chi connectivity index (χ1) is 9.22. The van der Waals surface area contributed by atoms with E-state index in [1.165, 1.54) is 30.5 Å². The lowest BCUT2D eigenvalue weighted by Gasteiger charge is -2.11. The number of benzene rings is 2. The maximum absolute atomic E-state index is 13.3. The largest absolute Gasteiger partial charge is 0.310 e. The van der Waals surface area contributed by atoms with Crippen molar-refractivity contribution >= 4 is 24.0 Å². The van der Waals surface area contributed by atoms with Crippen molar-refractivity contribution in [2.45, 2.75) is 18.9 Å². The van der Waals surface area contributed by atoms with E-state index in [0.717, 1.165) is 17.7 Å². The Labute approximate surface area is 129 Å². The molecule has 0 saturated carbocycles. The molecule has 3 rings (SSSR count). The van der Waals surface area contributed by atoms with Crippen LogP contribution in [0.1, 0.15) is 24.4 Å². The summed E-state index contributed by atoms with van der Waals surface area (Å²) in [5, 5.41) is 3.90. The topological polar surface area (TPSA) is 12.0 Å². The van der Waals surface area contributed by atoms with Gasteiger partial charge in [0, 0.05) is 11.1 Å². The van der Waals surface area contributed by atoms with Gasteiger partial charge in [-0.25, -0.2) is 4.39 Å². The van der Waals surface area contributed by atoms with Crippen LogP contribution in [0.15, 0.2) is 42.5 Å². The number of hydrogen-bond acceptors (Lipinski definition) is 1. The molecule has 0 aliphatic carbocycles. The molecule has 0 spiro atoms. The number of halogens is 3. The lowest BCUT2D eigenvalue weighted by Crippen LogP contribution is -2.12. The molecule has 0 aromatic heterocycles. The average molecular weight is 312 g/mol. The Morgan fingerprint density at radius 2 is 1.80 bits per heavy atom. The van der Waals surface area contributed by atoms with Crippen LogP contribution in [0.4, 0.5) is 4.39 Å². The highest BCUT2D eigenvalue weighted by Gasteiger charge is 2.15. The molecule has 0 radical (unpaired) electrons. The third-order valence-electron chi connectivity index (χ3n) is 3.57. The molecule has 20 heavy (non-hydrogen) atoms. The quantitative estimate of drug-likeness (QED) is 0.823. The van der Waals surface area contributed by atoms with Gasteiger partial charge in [-0.2, -0.15) is 0 Å². The molecular weight excluding hydrogens is 296 g/mol. The summed E-state index contributed by atoms with van der Waals surface area (Å²) < 4.78 is 13.3. The molecule has 1 unspecified atom stereocenters. The van der Waals surface area contributed by atoms with Gasteiger partial charge in [0.25, 0.3) is 0 Å². The highest BCUT2D eigenvalue weighted by molar-refractivity contribution is 6.30. The predicted octanol–water partition coefficient (Wildman–Crippen LogP) is 4.99. The Balaban J connectivity index is 0.00000147. The third kappa shape index (κ3) is 3.32. The van der Waals surface area contributed by atoms with E-state index in [1.807, 2.05) is 12.1 Å². The molecule has 1 nitrogen and oxygen atoms in total. The van der Waals surface area contributed by atoms with Gasteiger partial charge in [0.2, 0.25) is 0 Å². The Morgan fingerprint density at radius 3 is 2.40 bits per heavy atom. The van der Waals surface area contributed by atoms with Gasteiger partial charge in [-0.05, 0) is 54.3 Å². The summed E-state index contributed by atoms with van der Waals surface area (Å²) in [5.41, 5.74) is 3.10. The lowest BCUT2D eigenvalue weighted by molar-refractivity contribution is 0.628. The fourth-order valence-corrected chi connectivity index (χ4v) is 2.82. The highest BCUT2D eigenvalue weighted by Crippen LogP contribution is 2.28. The van der Waals surface area contributed by atoms with Crippen molar-refractivity contribution in [2.75, 3.05) is 6.54 Å². The minimum absolute atomic E-state index is 0. The summed E-state index contributed by atoms with van der Waals surface area (Å²) in [6.07, 6.45) is 2.41. The Morgan fingerprint density at radius 1 is 1.05 bits per heavy atom. The van der Waals surface area contributed by atoms with E-state index in [4.69, 9.17) is 11.6 Å². The molecule has 2 aromatic rings. The molecule has 1 N–H and O–H groups in total. The number of rotatable bonds is 2. The number of hydrogen-bond donors (Lipinski definition) is 1. The standard InChI is InChI=1S/C16H15ClFN.ClH/c17-14-8-13(9-15(18)10-14)11-3-5-12(6-4-11)16-2-1-7-19-16;/h3-6,8-10,16,19H,1-2,7H2;1H. The molecule has 1 aliphatic rings. The van der Waals surface area contributed by atoms with Gasteiger partial charge in [-0.1, -0.05) is 35.9 Å². The Kier molecular flexibility index (Phi) is 5.03. The van der Waals surface area contributed by atoms with Crippen molar-refractivity contribution in [3.63, 3.8) is 0 Å². The van der Waals surface area contributed by atoms with Gasteiger partial charge in [-0.15, -0.1) is 12.4 Å². The zero-order valence-electron chi connectivity index (χ0n) is 10.9. The maximum atomic E-state index is 13.3. The minimum Gasteiger partial charge on any atom is -0.310 e. The second-order valence-electron chi connectivity index (χ2n) is 4.93. The van der Waals surface area contributed by atoms with E-state index >= 15 is 0 Å². The molecular formula is C16H16Cl2FN. The molecule has 0 amide bonds. The van der Waals surface area contributed by atoms with Crippen LogP contribution in [0.5, 0.6) is 0 Å². The monoisotopic (exact) mass is 311 g/mol. The zero-order valence-corrected chi connectivity index (χ0v) is 12.5. The van der Waals surface area contributed by atoms with Gasteiger partial charge < -0.3 is 5.32 Å². The molecule has 1 saturated heterocycles. The van der Waals surface area contributed by atoms with E-state index in [2.05, 4.69) is 17.4 Å². The molecule has 1 heterocycles. The van der Waals surface area contributed by atoms with Crippen LogP contribution in [0.25, 0.3) is 11.1 Å². The molecule has 2 aromatic carbocycles. The van der Waals surface area contributed by atoms with Crippen LogP contribution in [-0.2, 0) is 0 Å². The molecule has 106 valence electrons. The fourth-order valence-electron chi connectivity index (χ4n) is 2.60. The van der Waals surface area contributed by atoms with Crippen molar-refractivity contribution in [3.8, 4) is 11.1 Å². The first-order valence-electron chi connectivity index (χ1n) is 6.52. The van der Waals surface area contributed by atoms with E-state index in [1.54, 1.807) is 6.07 Å². The predicted molar refractivity (Wildman–Crippen MR) is 84.1 cm³/mol. The van der Waals surface area contributed by atoms with Crippen LogP contribution >= 0.6 is 24.0 Å². The summed E-state index contributed by atoms with van der Waals surface area (Å²) in [7, 11) is 0. The lowest BCUT2D eigenvalue weighted by atomic mass is 10.00. The maximum Gasteiger partial charge on any atom is 0.125 e. The first kappa shape index (κ1) is 15.3. The SMILES string of the molecule is Cl.Fc1cc(Cl)cc(-c2ccc(C3CCCN3)cc2)c1. The highest BCUT2D eigenvalue weighted by atomic mass is 35.5. The summed E-state index contributed by atoms with van der Waals surface area (Å²) in [6.45, 7) is 1.09. The minimum atomic E-state index is -0.302. The van der Waals surface area contributed by atoms with Gasteiger partial charge in [0.05, 0.1) is 0 Å². The van der Waals surface area contributed by atoms with E-state index in [-0.39, 0.29) is 18.2 Å². The van der Waals surface area contributed by atoms with Crippen molar-refractivity contribution in [3.05, 3.63) is 58.9 Å². The second kappa shape index (κ2) is 6.57. The molecule has 1 atom stereocenters. The summed E-state index contributed by atoms with van der Waals surface area (Å²) >= 11 is 5.88. The van der Waals surface area contributed by atoms with Crippen LogP contribution in [-0.4, -0.2) is 6.54 Å². The van der Waals surface area contributed by atoms with Gasteiger partial charge in [-0.3, -0.25) is 0 Å². The smallest absolute Gasteiger partial charge is 0.125 e. The van der Waals surface area contributed by atoms with E-state index in [9.17, 15) is 4.39 Å². The van der Waals surface area contributed by atoms with Crippen LogP contribution in [0, 0.1) is 5.82 Å². The average Bonchev–Trinajstić information content (AvgIpc) is 2.91. The normalized spacial score (nSPS) is 17.8.